The van der Waals surface area contributed by atoms with E-state index in [0.29, 0.717) is 5.92 Å². The van der Waals surface area contributed by atoms with Crippen LogP contribution in [0.1, 0.15) is 71.8 Å². The van der Waals surface area contributed by atoms with E-state index >= 15 is 0 Å². The van der Waals surface area contributed by atoms with Gasteiger partial charge in [0.15, 0.2) is 0 Å². The number of benzene rings is 1. The van der Waals surface area contributed by atoms with Gasteiger partial charge in [0, 0.05) is 0 Å². The van der Waals surface area contributed by atoms with E-state index in [-0.39, 0.29) is 11.8 Å². The molecule has 2 atom stereocenters. The standard InChI is InChI=1S/C12H14O2.C4H10.C2H6/c1-12(8-11(13)14)7-10(12)9-5-3-2-4-6-9;1-3-4-2;1-2/h2-6,10H,7-8H2,1H3,(H,13,14);3-4H2,1-2H3;1-2H3. The second-order valence-electron chi connectivity index (χ2n) is 5.39. The predicted octanol–water partition coefficient (Wildman–Crippen LogP) is 5.49. The summed E-state index contributed by atoms with van der Waals surface area (Å²) < 4.78 is 0. The molecule has 1 aliphatic carbocycles. The van der Waals surface area contributed by atoms with Crippen molar-refractivity contribution in [1.82, 2.24) is 0 Å². The topological polar surface area (TPSA) is 37.3 Å². The fourth-order valence-electron chi connectivity index (χ4n) is 2.15. The summed E-state index contributed by atoms with van der Waals surface area (Å²) in [6, 6.07) is 10.2. The fraction of sp³-hybridized carbons (Fsp3) is 0.611. The van der Waals surface area contributed by atoms with Crippen molar-refractivity contribution in [3.8, 4) is 0 Å². The van der Waals surface area contributed by atoms with Crippen molar-refractivity contribution in [3.05, 3.63) is 35.9 Å². The van der Waals surface area contributed by atoms with Crippen molar-refractivity contribution in [1.29, 1.82) is 0 Å². The van der Waals surface area contributed by atoms with Gasteiger partial charge >= 0.3 is 5.97 Å². The third kappa shape index (κ3) is 6.23. The summed E-state index contributed by atoms with van der Waals surface area (Å²) in [6.45, 7) is 10.4. The molecule has 0 bridgehead atoms. The molecule has 2 heteroatoms. The van der Waals surface area contributed by atoms with E-state index in [1.165, 1.54) is 18.4 Å². The SMILES string of the molecule is CC.CC1(CC(=O)O)CC1c1ccccc1.CCCC. The molecule has 1 aliphatic rings. The summed E-state index contributed by atoms with van der Waals surface area (Å²) in [6.07, 6.45) is 3.93. The summed E-state index contributed by atoms with van der Waals surface area (Å²) in [5.41, 5.74) is 1.27. The third-order valence-electron chi connectivity index (χ3n) is 3.61. The summed E-state index contributed by atoms with van der Waals surface area (Å²) in [7, 11) is 0. The van der Waals surface area contributed by atoms with Crippen molar-refractivity contribution in [2.45, 2.75) is 66.2 Å². The first-order valence-corrected chi connectivity index (χ1v) is 7.80. The molecule has 2 nitrogen and oxygen atoms in total. The van der Waals surface area contributed by atoms with Crippen LogP contribution in [0.25, 0.3) is 0 Å². The molecule has 0 saturated heterocycles. The average Bonchev–Trinajstić information content (AvgIpc) is 3.12. The lowest BCUT2D eigenvalue weighted by molar-refractivity contribution is -0.138. The highest BCUT2D eigenvalue weighted by Gasteiger charge is 2.51. The molecule has 114 valence electrons. The normalized spacial score (nSPS) is 22.8. The number of carboxylic acid groups (broad SMARTS) is 1. The van der Waals surface area contributed by atoms with Crippen molar-refractivity contribution in [2.75, 3.05) is 0 Å². The van der Waals surface area contributed by atoms with E-state index < -0.39 is 5.97 Å². The van der Waals surface area contributed by atoms with Gasteiger partial charge in [0.1, 0.15) is 0 Å². The zero-order chi connectivity index (χ0) is 15.6. The van der Waals surface area contributed by atoms with Crippen molar-refractivity contribution >= 4 is 5.97 Å². The van der Waals surface area contributed by atoms with Crippen LogP contribution in [0.3, 0.4) is 0 Å². The molecule has 2 unspecified atom stereocenters. The molecule has 1 N–H and O–H groups in total. The lowest BCUT2D eigenvalue weighted by Crippen LogP contribution is -2.06. The molecule has 2 rings (SSSR count). The molecule has 1 aromatic rings. The van der Waals surface area contributed by atoms with Crippen molar-refractivity contribution in [2.24, 2.45) is 5.41 Å². The van der Waals surface area contributed by atoms with Crippen molar-refractivity contribution in [3.63, 3.8) is 0 Å². The summed E-state index contributed by atoms with van der Waals surface area (Å²) >= 11 is 0. The number of rotatable bonds is 4. The quantitative estimate of drug-likeness (QED) is 0.791. The highest BCUT2D eigenvalue weighted by atomic mass is 16.4. The Balaban J connectivity index is 0.000000521. The van der Waals surface area contributed by atoms with Crippen LogP contribution in [0.15, 0.2) is 30.3 Å². The van der Waals surface area contributed by atoms with Crippen LogP contribution in [0.5, 0.6) is 0 Å². The zero-order valence-electron chi connectivity index (χ0n) is 13.6. The Labute approximate surface area is 124 Å². The van der Waals surface area contributed by atoms with Gasteiger partial charge in [-0.2, -0.15) is 0 Å². The first-order chi connectivity index (χ1) is 9.53. The third-order valence-corrected chi connectivity index (χ3v) is 3.61. The number of unbranched alkanes of at least 4 members (excludes halogenated alkanes) is 1. The maximum Gasteiger partial charge on any atom is 0.303 e. The molecule has 0 radical (unpaired) electrons. The minimum Gasteiger partial charge on any atom is -0.481 e. The van der Waals surface area contributed by atoms with Crippen molar-refractivity contribution < 1.29 is 9.90 Å². The Morgan fingerprint density at radius 1 is 1.20 bits per heavy atom. The minimum atomic E-state index is -0.689. The highest BCUT2D eigenvalue weighted by Crippen LogP contribution is 2.61. The molecule has 0 amide bonds. The van der Waals surface area contributed by atoms with E-state index in [1.54, 1.807) is 0 Å². The van der Waals surface area contributed by atoms with Crippen LogP contribution in [0, 0.1) is 5.41 Å². The van der Waals surface area contributed by atoms with Crippen LogP contribution in [-0.4, -0.2) is 11.1 Å². The zero-order valence-corrected chi connectivity index (χ0v) is 13.6. The van der Waals surface area contributed by atoms with E-state index in [2.05, 4.69) is 32.9 Å². The summed E-state index contributed by atoms with van der Waals surface area (Å²) in [4.78, 5) is 10.6. The molecule has 1 fully saturated rings. The number of hydrogen-bond acceptors (Lipinski definition) is 1. The smallest absolute Gasteiger partial charge is 0.303 e. The lowest BCUT2D eigenvalue weighted by atomic mass is 9.98. The fourth-order valence-corrected chi connectivity index (χ4v) is 2.15. The van der Waals surface area contributed by atoms with Gasteiger partial charge in [-0.05, 0) is 23.3 Å². The molecule has 1 aromatic carbocycles. The maximum absolute atomic E-state index is 10.6. The second-order valence-corrected chi connectivity index (χ2v) is 5.39. The van der Waals surface area contributed by atoms with Crippen LogP contribution < -0.4 is 0 Å². The van der Waals surface area contributed by atoms with E-state index in [4.69, 9.17) is 5.11 Å². The Bertz CT molecular complexity index is 370. The molecule has 20 heavy (non-hydrogen) atoms. The van der Waals surface area contributed by atoms with E-state index in [1.807, 2.05) is 32.0 Å². The Morgan fingerprint density at radius 2 is 1.70 bits per heavy atom. The van der Waals surface area contributed by atoms with Gasteiger partial charge in [-0.25, -0.2) is 0 Å². The monoisotopic (exact) mass is 278 g/mol. The molecule has 1 saturated carbocycles. The lowest BCUT2D eigenvalue weighted by Gasteiger charge is -2.07. The maximum atomic E-state index is 10.6. The first kappa shape index (κ1) is 18.7. The highest BCUT2D eigenvalue weighted by molar-refractivity contribution is 5.68. The van der Waals surface area contributed by atoms with Gasteiger partial charge in [0.25, 0.3) is 0 Å². The Morgan fingerprint density at radius 3 is 2.10 bits per heavy atom. The molecular weight excluding hydrogens is 248 g/mol. The minimum absolute atomic E-state index is 0.00676. The van der Waals surface area contributed by atoms with Gasteiger partial charge < -0.3 is 5.11 Å². The second kappa shape index (κ2) is 9.57. The van der Waals surface area contributed by atoms with Crippen LogP contribution in [0.2, 0.25) is 0 Å². The van der Waals surface area contributed by atoms with Gasteiger partial charge in [-0.1, -0.05) is 77.8 Å². The largest absolute Gasteiger partial charge is 0.481 e. The molecule has 0 spiro atoms. The summed E-state index contributed by atoms with van der Waals surface area (Å²) in [5, 5.41) is 8.75. The van der Waals surface area contributed by atoms with Gasteiger partial charge in [-0.15, -0.1) is 0 Å². The Hall–Kier alpha value is -1.31. The van der Waals surface area contributed by atoms with Gasteiger partial charge in [-0.3, -0.25) is 4.79 Å². The molecule has 0 aromatic heterocycles. The average molecular weight is 278 g/mol. The van der Waals surface area contributed by atoms with E-state index in [0.717, 1.165) is 6.42 Å². The van der Waals surface area contributed by atoms with Crippen LogP contribution >= 0.6 is 0 Å². The number of aliphatic carboxylic acids is 1. The predicted molar refractivity (Wildman–Crippen MR) is 86.1 cm³/mol. The molecular formula is C18H30O2. The van der Waals surface area contributed by atoms with E-state index in [9.17, 15) is 4.79 Å². The van der Waals surface area contributed by atoms with Gasteiger partial charge in [0.2, 0.25) is 0 Å². The number of carboxylic acids is 1. The summed E-state index contributed by atoms with van der Waals surface area (Å²) in [5.74, 6) is -0.245. The van der Waals surface area contributed by atoms with Crippen LogP contribution in [0.4, 0.5) is 0 Å². The number of hydrogen-bond donors (Lipinski definition) is 1. The first-order valence-electron chi connectivity index (χ1n) is 7.80. The molecule has 0 heterocycles. The van der Waals surface area contributed by atoms with Crippen LogP contribution in [-0.2, 0) is 4.79 Å². The molecule has 0 aliphatic heterocycles. The van der Waals surface area contributed by atoms with Gasteiger partial charge in [0.05, 0.1) is 6.42 Å². The Kier molecular flexibility index (Phi) is 8.94. The number of carbonyl (C=O) groups is 1.